The molecule has 1 unspecified atom stereocenters. The van der Waals surface area contributed by atoms with Crippen molar-refractivity contribution in [2.45, 2.75) is 39.8 Å². The summed E-state index contributed by atoms with van der Waals surface area (Å²) < 4.78 is 5.83. The Morgan fingerprint density at radius 1 is 1.12 bits per heavy atom. The van der Waals surface area contributed by atoms with E-state index in [4.69, 9.17) is 4.74 Å². The molecule has 1 atom stereocenters. The number of carbonyl (C=O) groups is 1. The molecule has 0 aromatic heterocycles. The van der Waals surface area contributed by atoms with Crippen LogP contribution in [0.3, 0.4) is 0 Å². The van der Waals surface area contributed by atoms with E-state index in [0.29, 0.717) is 11.6 Å². The standard InChI is InChI=1S/C19H24N2O3/c1-12(2)15-7-5-6-8-18(15)24-14(4)20-19(23)21-16-11-13(3)9-10-17(16)22/h5-12,14,22H,1-4H3,(H2,20,21,23). The monoisotopic (exact) mass is 328 g/mol. The van der Waals surface area contributed by atoms with Crippen molar-refractivity contribution in [3.05, 3.63) is 53.6 Å². The first kappa shape index (κ1) is 17.7. The Balaban J connectivity index is 1.98. The average molecular weight is 328 g/mol. The number of hydrogen-bond donors (Lipinski definition) is 3. The van der Waals surface area contributed by atoms with E-state index in [0.717, 1.165) is 16.9 Å². The Bertz CT molecular complexity index is 714. The van der Waals surface area contributed by atoms with Gasteiger partial charge in [-0.25, -0.2) is 4.79 Å². The molecule has 2 aromatic rings. The van der Waals surface area contributed by atoms with Gasteiger partial charge in [-0.15, -0.1) is 0 Å². The average Bonchev–Trinajstić information content (AvgIpc) is 2.51. The molecule has 0 bridgehead atoms. The molecular weight excluding hydrogens is 304 g/mol. The lowest BCUT2D eigenvalue weighted by molar-refractivity contribution is 0.181. The number of aryl methyl sites for hydroxylation is 1. The number of anilines is 1. The number of aromatic hydroxyl groups is 1. The van der Waals surface area contributed by atoms with Crippen molar-refractivity contribution >= 4 is 11.7 Å². The molecule has 0 saturated heterocycles. The number of ether oxygens (including phenoxy) is 1. The van der Waals surface area contributed by atoms with Gasteiger partial charge in [0.15, 0.2) is 6.23 Å². The molecule has 2 rings (SSSR count). The minimum absolute atomic E-state index is 0.0227. The Kier molecular flexibility index (Phi) is 5.68. The lowest BCUT2D eigenvalue weighted by Crippen LogP contribution is -2.39. The fraction of sp³-hybridized carbons (Fsp3) is 0.316. The lowest BCUT2D eigenvalue weighted by atomic mass is 10.0. The van der Waals surface area contributed by atoms with Crippen LogP contribution in [0, 0.1) is 6.92 Å². The molecule has 0 heterocycles. The smallest absolute Gasteiger partial charge is 0.322 e. The number of para-hydroxylation sites is 1. The van der Waals surface area contributed by atoms with Crippen LogP contribution < -0.4 is 15.4 Å². The molecule has 2 aromatic carbocycles. The van der Waals surface area contributed by atoms with Crippen LogP contribution in [-0.4, -0.2) is 17.4 Å². The maximum Gasteiger partial charge on any atom is 0.322 e. The van der Waals surface area contributed by atoms with Gasteiger partial charge in [-0.3, -0.25) is 0 Å². The quantitative estimate of drug-likeness (QED) is 0.564. The molecule has 5 nitrogen and oxygen atoms in total. The summed E-state index contributed by atoms with van der Waals surface area (Å²) in [6.45, 7) is 7.82. The number of urea groups is 1. The molecule has 24 heavy (non-hydrogen) atoms. The molecule has 0 aliphatic heterocycles. The van der Waals surface area contributed by atoms with Gasteiger partial charge < -0.3 is 20.5 Å². The Morgan fingerprint density at radius 3 is 2.54 bits per heavy atom. The summed E-state index contributed by atoms with van der Waals surface area (Å²) in [5, 5.41) is 15.1. The van der Waals surface area contributed by atoms with Crippen LogP contribution in [0.5, 0.6) is 11.5 Å². The topological polar surface area (TPSA) is 70.6 Å². The highest BCUT2D eigenvalue weighted by molar-refractivity contribution is 5.91. The molecule has 0 aliphatic rings. The summed E-state index contributed by atoms with van der Waals surface area (Å²) >= 11 is 0. The first-order chi connectivity index (χ1) is 11.4. The second kappa shape index (κ2) is 7.73. The van der Waals surface area contributed by atoms with Crippen molar-refractivity contribution in [1.29, 1.82) is 0 Å². The maximum absolute atomic E-state index is 12.1. The number of hydrogen-bond acceptors (Lipinski definition) is 3. The van der Waals surface area contributed by atoms with Crippen molar-refractivity contribution in [1.82, 2.24) is 5.32 Å². The maximum atomic E-state index is 12.1. The highest BCUT2D eigenvalue weighted by Crippen LogP contribution is 2.26. The Morgan fingerprint density at radius 2 is 1.83 bits per heavy atom. The molecule has 0 saturated carbocycles. The predicted molar refractivity (Wildman–Crippen MR) is 95.6 cm³/mol. The molecule has 0 fully saturated rings. The van der Waals surface area contributed by atoms with E-state index in [-0.39, 0.29) is 5.75 Å². The number of amides is 2. The van der Waals surface area contributed by atoms with Crippen LogP contribution in [0.1, 0.15) is 37.8 Å². The third-order valence-electron chi connectivity index (χ3n) is 3.58. The summed E-state index contributed by atoms with van der Waals surface area (Å²) in [7, 11) is 0. The first-order valence-corrected chi connectivity index (χ1v) is 7.99. The van der Waals surface area contributed by atoms with Crippen LogP contribution in [-0.2, 0) is 0 Å². The van der Waals surface area contributed by atoms with E-state index in [1.54, 1.807) is 25.1 Å². The fourth-order valence-electron chi connectivity index (χ4n) is 2.38. The molecule has 128 valence electrons. The van der Waals surface area contributed by atoms with Gasteiger partial charge in [0.1, 0.15) is 11.5 Å². The Hall–Kier alpha value is -2.69. The predicted octanol–water partition coefficient (Wildman–Crippen LogP) is 4.37. The number of benzene rings is 2. The second-order valence-corrected chi connectivity index (χ2v) is 6.07. The lowest BCUT2D eigenvalue weighted by Gasteiger charge is -2.20. The van der Waals surface area contributed by atoms with Crippen molar-refractivity contribution in [2.24, 2.45) is 0 Å². The minimum atomic E-state index is -0.517. The van der Waals surface area contributed by atoms with E-state index < -0.39 is 12.3 Å². The van der Waals surface area contributed by atoms with Crippen LogP contribution in [0.25, 0.3) is 0 Å². The Labute approximate surface area is 142 Å². The van der Waals surface area contributed by atoms with Gasteiger partial charge in [0.05, 0.1) is 5.69 Å². The van der Waals surface area contributed by atoms with Crippen molar-refractivity contribution in [3.63, 3.8) is 0 Å². The number of phenolic OH excluding ortho intramolecular Hbond substituents is 1. The first-order valence-electron chi connectivity index (χ1n) is 7.99. The summed E-state index contributed by atoms with van der Waals surface area (Å²) in [5.41, 5.74) is 2.39. The van der Waals surface area contributed by atoms with Crippen LogP contribution in [0.2, 0.25) is 0 Å². The van der Waals surface area contributed by atoms with Gasteiger partial charge in [-0.2, -0.15) is 0 Å². The normalized spacial score (nSPS) is 11.9. The molecule has 0 aliphatic carbocycles. The zero-order valence-electron chi connectivity index (χ0n) is 14.5. The van der Waals surface area contributed by atoms with Crippen molar-refractivity contribution in [3.8, 4) is 11.5 Å². The van der Waals surface area contributed by atoms with Crippen molar-refractivity contribution in [2.75, 3.05) is 5.32 Å². The number of rotatable bonds is 5. The highest BCUT2D eigenvalue weighted by atomic mass is 16.5. The highest BCUT2D eigenvalue weighted by Gasteiger charge is 2.13. The summed E-state index contributed by atoms with van der Waals surface area (Å²) in [6.07, 6.45) is -0.517. The van der Waals surface area contributed by atoms with Crippen LogP contribution in [0.15, 0.2) is 42.5 Å². The van der Waals surface area contributed by atoms with Crippen LogP contribution >= 0.6 is 0 Å². The summed E-state index contributed by atoms with van der Waals surface area (Å²) in [4.78, 5) is 12.1. The van der Waals surface area contributed by atoms with E-state index in [2.05, 4.69) is 24.5 Å². The second-order valence-electron chi connectivity index (χ2n) is 6.07. The molecular formula is C19H24N2O3. The van der Waals surface area contributed by atoms with Gasteiger partial charge >= 0.3 is 6.03 Å². The number of carbonyl (C=O) groups excluding carboxylic acids is 1. The largest absolute Gasteiger partial charge is 0.506 e. The third kappa shape index (κ3) is 4.65. The molecule has 0 radical (unpaired) electrons. The number of nitrogens with one attached hydrogen (secondary N) is 2. The third-order valence-corrected chi connectivity index (χ3v) is 3.58. The van der Waals surface area contributed by atoms with Gasteiger partial charge in [-0.05, 0) is 49.1 Å². The SMILES string of the molecule is Cc1ccc(O)c(NC(=O)NC(C)Oc2ccccc2C(C)C)c1. The molecule has 0 spiro atoms. The molecule has 3 N–H and O–H groups in total. The van der Waals surface area contributed by atoms with Gasteiger partial charge in [0, 0.05) is 0 Å². The number of phenols is 1. The zero-order chi connectivity index (χ0) is 17.7. The fourth-order valence-corrected chi connectivity index (χ4v) is 2.38. The molecule has 2 amide bonds. The van der Waals surface area contributed by atoms with E-state index >= 15 is 0 Å². The van der Waals surface area contributed by atoms with Gasteiger partial charge in [0.2, 0.25) is 0 Å². The summed E-state index contributed by atoms with van der Waals surface area (Å²) in [5.74, 6) is 1.10. The van der Waals surface area contributed by atoms with E-state index in [1.807, 2.05) is 31.2 Å². The molecule has 5 heteroatoms. The minimum Gasteiger partial charge on any atom is -0.506 e. The van der Waals surface area contributed by atoms with Crippen molar-refractivity contribution < 1.29 is 14.6 Å². The van der Waals surface area contributed by atoms with Crippen LogP contribution in [0.4, 0.5) is 10.5 Å². The summed E-state index contributed by atoms with van der Waals surface area (Å²) in [6, 6.07) is 12.3. The van der Waals surface area contributed by atoms with Gasteiger partial charge in [0.25, 0.3) is 0 Å². The van der Waals surface area contributed by atoms with E-state index in [1.165, 1.54) is 0 Å². The van der Waals surface area contributed by atoms with E-state index in [9.17, 15) is 9.90 Å². The van der Waals surface area contributed by atoms with Gasteiger partial charge in [-0.1, -0.05) is 38.1 Å². The zero-order valence-corrected chi connectivity index (χ0v) is 14.5.